The molecule has 0 fully saturated rings. The summed E-state index contributed by atoms with van der Waals surface area (Å²) < 4.78 is 5.54. The van der Waals surface area contributed by atoms with Crippen LogP contribution in [0, 0.1) is 0 Å². The van der Waals surface area contributed by atoms with E-state index in [1.54, 1.807) is 0 Å². The second-order valence-electron chi connectivity index (χ2n) is 7.11. The van der Waals surface area contributed by atoms with Crippen LogP contribution in [0.5, 0.6) is 0 Å². The summed E-state index contributed by atoms with van der Waals surface area (Å²) >= 11 is 0. The van der Waals surface area contributed by atoms with Gasteiger partial charge in [-0.15, -0.1) is 0 Å². The molecule has 0 aliphatic carbocycles. The molecule has 126 valence electrons. The summed E-state index contributed by atoms with van der Waals surface area (Å²) in [4.78, 5) is 11.4. The Morgan fingerprint density at radius 1 is 1.00 bits per heavy atom. The molecule has 0 bridgehead atoms. The van der Waals surface area contributed by atoms with Crippen LogP contribution in [0.3, 0.4) is 0 Å². The fourth-order valence-corrected chi connectivity index (χ4v) is 4.04. The summed E-state index contributed by atoms with van der Waals surface area (Å²) in [5, 5.41) is 0. The maximum atomic E-state index is 11.4. The Bertz CT molecular complexity index is 281. The normalized spacial score (nSPS) is 13.7. The van der Waals surface area contributed by atoms with Gasteiger partial charge in [0.2, 0.25) is 0 Å². The Balaban J connectivity index is 3.74. The van der Waals surface area contributed by atoms with Crippen LogP contribution >= 0.6 is 7.26 Å². The number of hydrogen-bond acceptors (Lipinski definition) is 2. The molecule has 0 aromatic carbocycles. The number of esters is 1. The predicted octanol–water partition coefficient (Wildman–Crippen LogP) is 5.60. The molecule has 0 rings (SSSR count). The number of carbonyl (C=O) groups is 1. The summed E-state index contributed by atoms with van der Waals surface area (Å²) in [5.41, 5.74) is 0. The molecular weight excluding hydrogens is 279 g/mol. The van der Waals surface area contributed by atoms with E-state index in [1.807, 2.05) is 0 Å². The average Bonchev–Trinajstić information content (AvgIpc) is 2.42. The van der Waals surface area contributed by atoms with Crippen molar-refractivity contribution in [3.63, 3.8) is 0 Å². The van der Waals surface area contributed by atoms with E-state index in [-0.39, 0.29) is 11.8 Å². The first-order valence-corrected chi connectivity index (χ1v) is 12.3. The number of hydrogen-bond donors (Lipinski definition) is 0. The van der Waals surface area contributed by atoms with Gasteiger partial charge in [0.25, 0.3) is 0 Å². The van der Waals surface area contributed by atoms with Crippen LogP contribution in [-0.4, -0.2) is 31.8 Å². The Kier molecular flexibility index (Phi) is 12.0. The van der Waals surface area contributed by atoms with Crippen LogP contribution in [0.4, 0.5) is 0 Å². The fourth-order valence-electron chi connectivity index (χ4n) is 2.50. The van der Waals surface area contributed by atoms with Crippen molar-refractivity contribution in [1.29, 1.82) is 0 Å². The van der Waals surface area contributed by atoms with Crippen molar-refractivity contribution in [2.24, 2.45) is 0 Å². The summed E-state index contributed by atoms with van der Waals surface area (Å²) in [6.45, 7) is 12.5. The topological polar surface area (TPSA) is 26.3 Å². The Morgan fingerprint density at radius 3 is 1.90 bits per heavy atom. The van der Waals surface area contributed by atoms with Gasteiger partial charge < -0.3 is 0 Å². The minimum atomic E-state index is -1.45. The number of carbonyl (C=O) groups excluding carboxylic acids is 1. The van der Waals surface area contributed by atoms with Gasteiger partial charge in [0.1, 0.15) is 0 Å². The van der Waals surface area contributed by atoms with E-state index >= 15 is 0 Å². The van der Waals surface area contributed by atoms with Crippen molar-refractivity contribution in [2.75, 3.05) is 20.0 Å². The van der Waals surface area contributed by atoms with Crippen LogP contribution in [0.15, 0.2) is 12.7 Å². The molecule has 2 nitrogen and oxygen atoms in total. The van der Waals surface area contributed by atoms with Gasteiger partial charge in [-0.2, -0.15) is 0 Å². The third kappa shape index (κ3) is 11.9. The molecule has 0 aliphatic rings. The SMILES string of the molecule is C=CC(=O)OC(CCCCCCCCCCC)[PH](C)(C)C. The van der Waals surface area contributed by atoms with Gasteiger partial charge in [-0.05, 0) is 0 Å². The van der Waals surface area contributed by atoms with Crippen LogP contribution in [0.25, 0.3) is 0 Å². The van der Waals surface area contributed by atoms with Gasteiger partial charge in [0.15, 0.2) is 0 Å². The zero-order chi connectivity index (χ0) is 16.1. The molecule has 0 aromatic rings. The summed E-state index contributed by atoms with van der Waals surface area (Å²) in [6.07, 6.45) is 14.3. The molecule has 0 aliphatic heterocycles. The molecule has 0 radical (unpaired) electrons. The molecule has 1 atom stereocenters. The van der Waals surface area contributed by atoms with Crippen molar-refractivity contribution >= 4 is 13.2 Å². The quantitative estimate of drug-likeness (QED) is 0.191. The second kappa shape index (κ2) is 12.2. The molecule has 0 saturated heterocycles. The fraction of sp³-hybridized carbons (Fsp3) is 0.833. The first-order valence-electron chi connectivity index (χ1n) is 8.74. The van der Waals surface area contributed by atoms with Crippen LogP contribution < -0.4 is 0 Å². The summed E-state index contributed by atoms with van der Waals surface area (Å²) in [7, 11) is -1.45. The predicted molar refractivity (Wildman–Crippen MR) is 98.0 cm³/mol. The molecular formula is C18H37O2P. The third-order valence-corrected chi connectivity index (χ3v) is 6.30. The maximum absolute atomic E-state index is 11.4. The van der Waals surface area contributed by atoms with E-state index in [9.17, 15) is 4.79 Å². The monoisotopic (exact) mass is 316 g/mol. The van der Waals surface area contributed by atoms with E-state index < -0.39 is 7.26 Å². The number of unbranched alkanes of at least 4 members (excludes halogenated alkanes) is 8. The van der Waals surface area contributed by atoms with Gasteiger partial charge in [-0.25, -0.2) is 0 Å². The minimum absolute atomic E-state index is 0.132. The van der Waals surface area contributed by atoms with E-state index in [4.69, 9.17) is 4.74 Å². The zero-order valence-corrected chi connectivity index (χ0v) is 15.7. The summed E-state index contributed by atoms with van der Waals surface area (Å²) in [6, 6.07) is 0. The van der Waals surface area contributed by atoms with E-state index in [0.717, 1.165) is 6.42 Å². The standard InChI is InChI=1S/C18H37O2P/c1-6-8-9-10-11-12-13-14-15-16-18(21(3,4)5)20-17(19)7-2/h7,18,21H,2,6,8-16H2,1,3-5H3. The van der Waals surface area contributed by atoms with E-state index in [2.05, 4.69) is 33.5 Å². The number of rotatable bonds is 13. The number of ether oxygens (including phenoxy) is 1. The molecule has 3 heteroatoms. The third-order valence-electron chi connectivity index (χ3n) is 3.96. The van der Waals surface area contributed by atoms with Gasteiger partial charge in [0.05, 0.1) is 0 Å². The van der Waals surface area contributed by atoms with Gasteiger partial charge in [-0.1, -0.05) is 0 Å². The van der Waals surface area contributed by atoms with E-state index in [1.165, 1.54) is 63.9 Å². The molecule has 1 unspecified atom stereocenters. The van der Waals surface area contributed by atoms with Crippen LogP contribution in [0.1, 0.15) is 71.1 Å². The molecule has 0 heterocycles. The first-order chi connectivity index (χ1) is 9.91. The molecule has 0 amide bonds. The Morgan fingerprint density at radius 2 is 1.48 bits per heavy atom. The molecule has 21 heavy (non-hydrogen) atoms. The second-order valence-corrected chi connectivity index (χ2v) is 12.5. The Hall–Kier alpha value is -0.360. The average molecular weight is 316 g/mol. The van der Waals surface area contributed by atoms with Gasteiger partial charge in [-0.3, -0.25) is 0 Å². The van der Waals surface area contributed by atoms with Gasteiger partial charge >= 0.3 is 132 Å². The Labute approximate surface area is 133 Å². The van der Waals surface area contributed by atoms with Gasteiger partial charge in [0, 0.05) is 0 Å². The van der Waals surface area contributed by atoms with Crippen molar-refractivity contribution < 1.29 is 9.53 Å². The molecule has 0 N–H and O–H groups in total. The van der Waals surface area contributed by atoms with E-state index in [0.29, 0.717) is 0 Å². The van der Waals surface area contributed by atoms with Crippen molar-refractivity contribution in [3.8, 4) is 0 Å². The first kappa shape index (κ1) is 20.6. The molecule has 0 spiro atoms. The van der Waals surface area contributed by atoms with Crippen molar-refractivity contribution in [3.05, 3.63) is 12.7 Å². The summed E-state index contributed by atoms with van der Waals surface area (Å²) in [5.74, 6) is -0.133. The molecule has 0 saturated carbocycles. The molecule has 0 aromatic heterocycles. The zero-order valence-electron chi connectivity index (χ0n) is 14.7. The van der Waals surface area contributed by atoms with Crippen LogP contribution in [-0.2, 0) is 9.53 Å². The van der Waals surface area contributed by atoms with Crippen molar-refractivity contribution in [1.82, 2.24) is 0 Å². The van der Waals surface area contributed by atoms with Crippen molar-refractivity contribution in [2.45, 2.75) is 77.0 Å². The van der Waals surface area contributed by atoms with Crippen LogP contribution in [0.2, 0.25) is 0 Å².